The lowest BCUT2D eigenvalue weighted by Gasteiger charge is -2.22. The van der Waals surface area contributed by atoms with Gasteiger partial charge in [0.05, 0.1) is 0 Å². The lowest BCUT2D eigenvalue weighted by molar-refractivity contribution is -0.140. The molecule has 0 saturated carbocycles. The Morgan fingerprint density at radius 3 is 2.33 bits per heavy atom. The SMILES string of the molecule is CC(C)N(C)CCN1C(=O)NC(=O)C1=O. The molecule has 1 aliphatic rings. The van der Waals surface area contributed by atoms with Crippen molar-refractivity contribution in [1.82, 2.24) is 15.1 Å². The molecule has 0 radical (unpaired) electrons. The summed E-state index contributed by atoms with van der Waals surface area (Å²) in [7, 11) is 1.89. The van der Waals surface area contributed by atoms with Gasteiger partial charge in [0.25, 0.3) is 0 Å². The molecular formula is C9H15N3O3. The molecule has 0 aromatic rings. The number of nitrogens with zero attached hydrogens (tertiary/aromatic N) is 2. The van der Waals surface area contributed by atoms with Gasteiger partial charge in [-0.25, -0.2) is 4.79 Å². The van der Waals surface area contributed by atoms with Crippen LogP contribution in [-0.4, -0.2) is 53.8 Å². The van der Waals surface area contributed by atoms with Crippen LogP contribution in [-0.2, 0) is 9.59 Å². The highest BCUT2D eigenvalue weighted by atomic mass is 16.2. The molecule has 1 N–H and O–H groups in total. The van der Waals surface area contributed by atoms with E-state index in [1.54, 1.807) is 0 Å². The van der Waals surface area contributed by atoms with Crippen molar-refractivity contribution in [2.45, 2.75) is 19.9 Å². The summed E-state index contributed by atoms with van der Waals surface area (Å²) in [4.78, 5) is 36.1. The third-order valence-electron chi connectivity index (χ3n) is 2.46. The number of hydrogen-bond donors (Lipinski definition) is 1. The van der Waals surface area contributed by atoms with Crippen molar-refractivity contribution in [2.75, 3.05) is 20.1 Å². The summed E-state index contributed by atoms with van der Waals surface area (Å²) in [5.74, 6) is -1.61. The van der Waals surface area contributed by atoms with E-state index in [2.05, 4.69) is 0 Å². The van der Waals surface area contributed by atoms with Gasteiger partial charge in [-0.2, -0.15) is 0 Å². The van der Waals surface area contributed by atoms with E-state index in [-0.39, 0.29) is 6.54 Å². The molecule has 4 amide bonds. The average molecular weight is 213 g/mol. The number of rotatable bonds is 4. The molecule has 84 valence electrons. The molecule has 0 bridgehead atoms. The third-order valence-corrected chi connectivity index (χ3v) is 2.46. The van der Waals surface area contributed by atoms with E-state index in [4.69, 9.17) is 0 Å². The van der Waals surface area contributed by atoms with Crippen LogP contribution in [0.1, 0.15) is 13.8 Å². The molecule has 0 spiro atoms. The molecule has 6 heteroatoms. The van der Waals surface area contributed by atoms with Crippen molar-refractivity contribution >= 4 is 17.8 Å². The van der Waals surface area contributed by atoms with Gasteiger partial charge >= 0.3 is 17.8 Å². The Morgan fingerprint density at radius 2 is 1.93 bits per heavy atom. The molecule has 0 aliphatic carbocycles. The maximum Gasteiger partial charge on any atom is 0.331 e. The number of hydrogen-bond acceptors (Lipinski definition) is 4. The fourth-order valence-corrected chi connectivity index (χ4v) is 1.15. The van der Waals surface area contributed by atoms with Gasteiger partial charge in [-0.1, -0.05) is 0 Å². The molecule has 1 heterocycles. The summed E-state index contributed by atoms with van der Waals surface area (Å²) in [5, 5.41) is 1.95. The summed E-state index contributed by atoms with van der Waals surface area (Å²) < 4.78 is 0. The molecule has 0 aromatic carbocycles. The van der Waals surface area contributed by atoms with Crippen LogP contribution < -0.4 is 5.32 Å². The maximum absolute atomic E-state index is 11.2. The van der Waals surface area contributed by atoms with E-state index in [1.807, 2.05) is 31.1 Å². The first-order valence-electron chi connectivity index (χ1n) is 4.80. The summed E-state index contributed by atoms with van der Waals surface area (Å²) in [6, 6.07) is -0.288. The highest BCUT2D eigenvalue weighted by Crippen LogP contribution is 2.01. The third kappa shape index (κ3) is 2.53. The first kappa shape index (κ1) is 11.6. The molecule has 6 nitrogen and oxygen atoms in total. The summed E-state index contributed by atoms with van der Waals surface area (Å²) in [6.45, 7) is 4.82. The van der Waals surface area contributed by atoms with E-state index < -0.39 is 17.8 Å². The summed E-state index contributed by atoms with van der Waals surface area (Å²) in [6.07, 6.45) is 0. The Bertz CT molecular complexity index is 301. The Hall–Kier alpha value is -1.43. The summed E-state index contributed by atoms with van der Waals surface area (Å²) in [5.41, 5.74) is 0. The van der Waals surface area contributed by atoms with Gasteiger partial charge in [-0.3, -0.25) is 19.8 Å². The summed E-state index contributed by atoms with van der Waals surface area (Å²) >= 11 is 0. The van der Waals surface area contributed by atoms with Crippen molar-refractivity contribution < 1.29 is 14.4 Å². The number of carbonyl (C=O) groups excluding carboxylic acids is 3. The Morgan fingerprint density at radius 1 is 1.33 bits per heavy atom. The van der Waals surface area contributed by atoms with Gasteiger partial charge in [-0.15, -0.1) is 0 Å². The zero-order chi connectivity index (χ0) is 11.6. The molecule has 0 unspecified atom stereocenters. The maximum atomic E-state index is 11.2. The molecule has 0 aromatic heterocycles. The average Bonchev–Trinajstić information content (AvgIpc) is 2.38. The van der Waals surface area contributed by atoms with Crippen LogP contribution in [0.3, 0.4) is 0 Å². The van der Waals surface area contributed by atoms with Crippen LogP contribution in [0.15, 0.2) is 0 Å². The predicted molar refractivity (Wildman–Crippen MR) is 53.0 cm³/mol. The fourth-order valence-electron chi connectivity index (χ4n) is 1.15. The number of imide groups is 2. The highest BCUT2D eigenvalue weighted by molar-refractivity contribution is 6.44. The van der Waals surface area contributed by atoms with E-state index in [0.29, 0.717) is 12.6 Å². The zero-order valence-electron chi connectivity index (χ0n) is 9.11. The van der Waals surface area contributed by atoms with Crippen LogP contribution in [0.25, 0.3) is 0 Å². The van der Waals surface area contributed by atoms with Crippen LogP contribution in [0.4, 0.5) is 4.79 Å². The van der Waals surface area contributed by atoms with Crippen molar-refractivity contribution in [3.05, 3.63) is 0 Å². The molecule has 1 fully saturated rings. The smallest absolute Gasteiger partial charge is 0.302 e. The second-order valence-electron chi connectivity index (χ2n) is 3.79. The van der Waals surface area contributed by atoms with Crippen molar-refractivity contribution in [3.8, 4) is 0 Å². The van der Waals surface area contributed by atoms with E-state index in [1.165, 1.54) is 0 Å². The van der Waals surface area contributed by atoms with Gasteiger partial charge in [0.2, 0.25) is 0 Å². The molecule has 0 atom stereocenters. The normalized spacial score (nSPS) is 16.9. The lowest BCUT2D eigenvalue weighted by atomic mass is 10.3. The monoisotopic (exact) mass is 213 g/mol. The first-order valence-corrected chi connectivity index (χ1v) is 4.80. The molecule has 1 saturated heterocycles. The lowest BCUT2D eigenvalue weighted by Crippen LogP contribution is -2.39. The van der Waals surface area contributed by atoms with E-state index >= 15 is 0 Å². The van der Waals surface area contributed by atoms with Crippen molar-refractivity contribution in [2.24, 2.45) is 0 Å². The quantitative estimate of drug-likeness (QED) is 0.500. The zero-order valence-corrected chi connectivity index (χ0v) is 9.11. The minimum atomic E-state index is -0.841. The van der Waals surface area contributed by atoms with Crippen molar-refractivity contribution in [1.29, 1.82) is 0 Å². The minimum absolute atomic E-state index is 0.241. The van der Waals surface area contributed by atoms with Crippen LogP contribution >= 0.6 is 0 Å². The Labute approximate surface area is 88.2 Å². The first-order chi connectivity index (χ1) is 6.93. The molecule has 1 aliphatic heterocycles. The highest BCUT2D eigenvalue weighted by Gasteiger charge is 2.36. The second-order valence-corrected chi connectivity index (χ2v) is 3.79. The Balaban J connectivity index is 2.49. The van der Waals surface area contributed by atoms with Gasteiger partial charge in [0, 0.05) is 19.1 Å². The van der Waals surface area contributed by atoms with E-state index in [0.717, 1.165) is 4.90 Å². The number of carbonyl (C=O) groups is 3. The number of likely N-dealkylation sites (N-methyl/N-ethyl adjacent to an activating group) is 1. The molecular weight excluding hydrogens is 198 g/mol. The number of nitrogens with one attached hydrogen (secondary N) is 1. The van der Waals surface area contributed by atoms with Crippen LogP contribution in [0.5, 0.6) is 0 Å². The van der Waals surface area contributed by atoms with Gasteiger partial charge in [0.15, 0.2) is 0 Å². The number of amides is 4. The molecule has 1 rings (SSSR count). The van der Waals surface area contributed by atoms with Crippen LogP contribution in [0, 0.1) is 0 Å². The van der Waals surface area contributed by atoms with Crippen LogP contribution in [0.2, 0.25) is 0 Å². The van der Waals surface area contributed by atoms with Gasteiger partial charge in [0.1, 0.15) is 0 Å². The standard InChI is InChI=1S/C9H15N3O3/c1-6(2)11(3)4-5-12-8(14)7(13)10-9(12)15/h6H,4-5H2,1-3H3,(H,10,13,15). The predicted octanol–water partition coefficient (Wildman–Crippen LogP) is -0.595. The Kier molecular flexibility index (Phi) is 3.41. The minimum Gasteiger partial charge on any atom is -0.302 e. The largest absolute Gasteiger partial charge is 0.331 e. The molecule has 15 heavy (non-hydrogen) atoms. The fraction of sp³-hybridized carbons (Fsp3) is 0.667. The van der Waals surface area contributed by atoms with Gasteiger partial charge < -0.3 is 4.90 Å². The number of urea groups is 1. The van der Waals surface area contributed by atoms with Gasteiger partial charge in [-0.05, 0) is 20.9 Å². The van der Waals surface area contributed by atoms with Crippen molar-refractivity contribution in [3.63, 3.8) is 0 Å². The van der Waals surface area contributed by atoms with E-state index in [9.17, 15) is 14.4 Å². The second kappa shape index (κ2) is 4.39. The topological polar surface area (TPSA) is 69.7 Å².